The molecule has 1 heterocycles. The van der Waals surface area contributed by atoms with Crippen LogP contribution in [-0.4, -0.2) is 60.7 Å². The van der Waals surface area contributed by atoms with E-state index in [2.05, 4.69) is 10.1 Å². The third kappa shape index (κ3) is 6.27. The van der Waals surface area contributed by atoms with Crippen molar-refractivity contribution >= 4 is 17.6 Å². The minimum atomic E-state index is -4.51. The van der Waals surface area contributed by atoms with E-state index in [1.54, 1.807) is 15.9 Å². The van der Waals surface area contributed by atoms with Crippen LogP contribution in [-0.2, 0) is 4.79 Å². The number of benzene rings is 1. The van der Waals surface area contributed by atoms with E-state index < -0.39 is 12.8 Å². The molecule has 0 bridgehead atoms. The lowest BCUT2D eigenvalue weighted by atomic mass is 9.96. The monoisotopic (exact) mass is 426 g/mol. The summed E-state index contributed by atoms with van der Waals surface area (Å²) in [6, 6.07) is 5.64. The molecule has 0 unspecified atom stereocenters. The van der Waals surface area contributed by atoms with Crippen LogP contribution in [0.3, 0.4) is 0 Å². The van der Waals surface area contributed by atoms with E-state index >= 15 is 0 Å². The molecule has 1 N–H and O–H groups in total. The van der Waals surface area contributed by atoms with Crippen molar-refractivity contribution in [3.8, 4) is 11.8 Å². The zero-order chi connectivity index (χ0) is 22.3. The minimum absolute atomic E-state index is 0.0352. The molecule has 30 heavy (non-hydrogen) atoms. The van der Waals surface area contributed by atoms with Gasteiger partial charge >= 0.3 is 12.2 Å². The topological polar surface area (TPSA) is 85.7 Å². The van der Waals surface area contributed by atoms with Gasteiger partial charge < -0.3 is 19.9 Å². The van der Waals surface area contributed by atoms with Crippen LogP contribution in [0.25, 0.3) is 0 Å². The van der Waals surface area contributed by atoms with Crippen molar-refractivity contribution in [1.29, 1.82) is 5.26 Å². The quantitative estimate of drug-likeness (QED) is 0.753. The first kappa shape index (κ1) is 23.3. The van der Waals surface area contributed by atoms with Crippen LogP contribution < -0.4 is 10.1 Å². The Morgan fingerprint density at radius 3 is 2.43 bits per heavy atom. The molecule has 0 spiro atoms. The van der Waals surface area contributed by atoms with Gasteiger partial charge in [0, 0.05) is 37.8 Å². The summed E-state index contributed by atoms with van der Waals surface area (Å²) in [5, 5.41) is 11.8. The summed E-state index contributed by atoms with van der Waals surface area (Å²) in [6.45, 7) is 4.52. The number of hydrogen-bond acceptors (Lipinski definition) is 4. The average Bonchev–Trinajstić information content (AvgIpc) is 2.72. The molecule has 1 aliphatic heterocycles. The Morgan fingerprint density at radius 1 is 1.27 bits per heavy atom. The zero-order valence-electron chi connectivity index (χ0n) is 17.0. The van der Waals surface area contributed by atoms with Gasteiger partial charge in [-0.1, -0.05) is 0 Å². The summed E-state index contributed by atoms with van der Waals surface area (Å²) in [7, 11) is 0. The number of nitrogens with one attached hydrogen (secondary N) is 1. The Labute approximate surface area is 173 Å². The van der Waals surface area contributed by atoms with Gasteiger partial charge in [0.2, 0.25) is 5.91 Å². The first-order valence-corrected chi connectivity index (χ1v) is 9.76. The van der Waals surface area contributed by atoms with E-state index in [9.17, 15) is 22.8 Å². The third-order valence-electron chi connectivity index (χ3n) is 4.93. The second kappa shape index (κ2) is 10.2. The molecule has 1 aromatic carbocycles. The highest BCUT2D eigenvalue weighted by molar-refractivity contribution is 5.93. The molecule has 2 rings (SSSR count). The third-order valence-corrected chi connectivity index (χ3v) is 4.93. The van der Waals surface area contributed by atoms with Crippen LogP contribution >= 0.6 is 0 Å². The summed E-state index contributed by atoms with van der Waals surface area (Å²) >= 11 is 0. The average molecular weight is 426 g/mol. The van der Waals surface area contributed by atoms with Crippen molar-refractivity contribution < 1.29 is 27.5 Å². The van der Waals surface area contributed by atoms with Crippen molar-refractivity contribution in [3.05, 3.63) is 23.8 Å². The van der Waals surface area contributed by atoms with Gasteiger partial charge in [-0.25, -0.2) is 4.79 Å². The summed E-state index contributed by atoms with van der Waals surface area (Å²) in [6.07, 6.45) is -3.49. The van der Waals surface area contributed by atoms with Gasteiger partial charge in [0.25, 0.3) is 0 Å². The molecule has 164 valence electrons. The number of amides is 3. The van der Waals surface area contributed by atoms with Gasteiger partial charge in [-0.2, -0.15) is 18.4 Å². The number of anilines is 1. The Hall–Kier alpha value is -2.96. The van der Waals surface area contributed by atoms with Gasteiger partial charge in [0.1, 0.15) is 11.8 Å². The van der Waals surface area contributed by atoms with Gasteiger partial charge in [-0.3, -0.25) is 4.79 Å². The Morgan fingerprint density at radius 2 is 1.90 bits per heavy atom. The lowest BCUT2D eigenvalue weighted by Crippen LogP contribution is -2.47. The number of likely N-dealkylation sites (tertiary alicyclic amines) is 1. The van der Waals surface area contributed by atoms with Crippen molar-refractivity contribution in [2.24, 2.45) is 5.92 Å². The number of nitrogens with zero attached hydrogens (tertiary/aromatic N) is 3. The maximum atomic E-state index is 12.5. The van der Waals surface area contributed by atoms with Crippen LogP contribution in [0.4, 0.5) is 23.7 Å². The van der Waals surface area contributed by atoms with Crippen molar-refractivity contribution in [3.63, 3.8) is 0 Å². The van der Waals surface area contributed by atoms with E-state index in [1.165, 1.54) is 18.2 Å². The van der Waals surface area contributed by atoms with Crippen LogP contribution in [0.1, 0.15) is 32.3 Å². The number of piperidine rings is 1. The molecule has 1 fully saturated rings. The first-order valence-electron chi connectivity index (χ1n) is 9.76. The molecule has 1 aliphatic rings. The molecular formula is C20H25F3N4O3. The second-order valence-electron chi connectivity index (χ2n) is 6.93. The number of hydrogen-bond donors (Lipinski definition) is 1. The van der Waals surface area contributed by atoms with Crippen molar-refractivity contribution in [1.82, 2.24) is 9.80 Å². The lowest BCUT2D eigenvalue weighted by Gasteiger charge is -2.34. The fourth-order valence-electron chi connectivity index (χ4n) is 3.25. The van der Waals surface area contributed by atoms with Crippen molar-refractivity contribution in [2.75, 3.05) is 38.1 Å². The van der Waals surface area contributed by atoms with E-state index in [0.717, 1.165) is 0 Å². The first-order chi connectivity index (χ1) is 14.2. The number of carbonyl (C=O) groups is 2. The number of nitriles is 1. The van der Waals surface area contributed by atoms with Gasteiger partial charge in [0.15, 0.2) is 6.61 Å². The Balaban J connectivity index is 1.94. The number of rotatable bonds is 6. The lowest BCUT2D eigenvalue weighted by molar-refractivity contribution is -0.153. The number of ether oxygens (including phenoxy) is 1. The van der Waals surface area contributed by atoms with E-state index in [0.29, 0.717) is 44.7 Å². The van der Waals surface area contributed by atoms with Crippen LogP contribution in [0.5, 0.6) is 5.75 Å². The summed E-state index contributed by atoms with van der Waals surface area (Å²) in [5.41, 5.74) is 0.203. The Kier molecular flexibility index (Phi) is 7.92. The van der Waals surface area contributed by atoms with E-state index in [4.69, 9.17) is 5.26 Å². The molecule has 0 saturated carbocycles. The SMILES string of the molecule is CCN(CC)C(=O)N1CCC(C(=O)Nc2ccc(OCC(F)(F)F)c(C#N)c2)CC1. The fraction of sp³-hybridized carbons (Fsp3) is 0.550. The molecule has 10 heteroatoms. The molecule has 3 amide bonds. The number of alkyl halides is 3. The predicted molar refractivity (Wildman–Crippen MR) is 104 cm³/mol. The highest BCUT2D eigenvalue weighted by Crippen LogP contribution is 2.26. The number of carbonyl (C=O) groups excluding carboxylic acids is 2. The van der Waals surface area contributed by atoms with E-state index in [1.807, 2.05) is 13.8 Å². The highest BCUT2D eigenvalue weighted by Gasteiger charge is 2.30. The number of urea groups is 1. The number of halogens is 3. The van der Waals surface area contributed by atoms with E-state index in [-0.39, 0.29) is 29.2 Å². The molecule has 7 nitrogen and oxygen atoms in total. The van der Waals surface area contributed by atoms with Crippen LogP contribution in [0.15, 0.2) is 18.2 Å². The molecule has 0 aliphatic carbocycles. The molecular weight excluding hydrogens is 401 g/mol. The fourth-order valence-corrected chi connectivity index (χ4v) is 3.25. The van der Waals surface area contributed by atoms with Gasteiger partial charge in [0.05, 0.1) is 5.56 Å². The smallest absolute Gasteiger partial charge is 0.422 e. The zero-order valence-corrected chi connectivity index (χ0v) is 17.0. The summed E-state index contributed by atoms with van der Waals surface area (Å²) in [4.78, 5) is 28.4. The summed E-state index contributed by atoms with van der Waals surface area (Å²) in [5.74, 6) is -0.744. The molecule has 0 radical (unpaired) electrons. The summed E-state index contributed by atoms with van der Waals surface area (Å²) < 4.78 is 41.6. The largest absolute Gasteiger partial charge is 0.483 e. The van der Waals surface area contributed by atoms with Crippen molar-refractivity contribution in [2.45, 2.75) is 32.9 Å². The normalized spacial score (nSPS) is 14.7. The molecule has 1 saturated heterocycles. The maximum Gasteiger partial charge on any atom is 0.422 e. The second-order valence-corrected chi connectivity index (χ2v) is 6.93. The van der Waals surface area contributed by atoms with Crippen LogP contribution in [0, 0.1) is 17.2 Å². The maximum absolute atomic E-state index is 12.5. The highest BCUT2D eigenvalue weighted by atomic mass is 19.4. The molecule has 1 aromatic rings. The minimum Gasteiger partial charge on any atom is -0.483 e. The predicted octanol–water partition coefficient (Wildman–Crippen LogP) is 3.61. The Bertz CT molecular complexity index is 795. The molecule has 0 aromatic heterocycles. The standard InChI is InChI=1S/C20H25F3N4O3/c1-3-26(4-2)19(29)27-9-7-14(8-10-27)18(28)25-16-5-6-17(15(11-16)12-24)30-13-20(21,22)23/h5-6,11,14H,3-4,7-10,13H2,1-2H3,(H,25,28). The van der Waals surface area contributed by atoms with Gasteiger partial charge in [-0.05, 0) is 44.9 Å². The molecule has 0 atom stereocenters. The van der Waals surface area contributed by atoms with Crippen LogP contribution in [0.2, 0.25) is 0 Å². The van der Waals surface area contributed by atoms with Gasteiger partial charge in [-0.15, -0.1) is 0 Å².